The van der Waals surface area contributed by atoms with Gasteiger partial charge in [0, 0.05) is 0 Å². The van der Waals surface area contributed by atoms with E-state index in [9.17, 15) is 0 Å². The fourth-order valence-electron chi connectivity index (χ4n) is 3.63. The maximum atomic E-state index is 2.61. The summed E-state index contributed by atoms with van der Waals surface area (Å²) in [5.74, 6) is 0. The van der Waals surface area contributed by atoms with Crippen LogP contribution >= 0.6 is 7.92 Å². The highest BCUT2D eigenvalue weighted by molar-refractivity contribution is 7.70. The number of allylic oxidation sites excluding steroid dienone is 6. The summed E-state index contributed by atoms with van der Waals surface area (Å²) in [5, 5.41) is 5.51. The second-order valence-corrected chi connectivity index (χ2v) is 8.55. The lowest BCUT2D eigenvalue weighted by molar-refractivity contribution is 0.706. The lowest BCUT2D eigenvalue weighted by Gasteiger charge is -2.31. The minimum Gasteiger partial charge on any atom is -0.0802 e. The van der Waals surface area contributed by atoms with Gasteiger partial charge in [-0.05, 0) is 101 Å². The van der Waals surface area contributed by atoms with Gasteiger partial charge in [-0.3, -0.25) is 0 Å². The molecule has 0 saturated heterocycles. The minimum absolute atomic E-state index is 0.0318. The van der Waals surface area contributed by atoms with Gasteiger partial charge in [-0.25, -0.2) is 0 Å². The van der Waals surface area contributed by atoms with Gasteiger partial charge in [0.1, 0.15) is 0 Å². The Bertz CT molecular complexity index is 338. The van der Waals surface area contributed by atoms with Crippen LogP contribution in [0.4, 0.5) is 0 Å². The average Bonchev–Trinajstić information content (AvgIpc) is 2.51. The monoisotopic (exact) mass is 274 g/mol. The van der Waals surface area contributed by atoms with E-state index in [-0.39, 0.29) is 7.92 Å². The Morgan fingerprint density at radius 2 is 0.895 bits per heavy atom. The zero-order valence-electron chi connectivity index (χ0n) is 12.2. The molecule has 0 unspecified atom stereocenters. The first-order chi connectivity index (χ1) is 9.45. The Morgan fingerprint density at radius 3 is 1.16 bits per heavy atom. The molecule has 0 bridgehead atoms. The van der Waals surface area contributed by atoms with E-state index in [4.69, 9.17) is 0 Å². The van der Waals surface area contributed by atoms with Gasteiger partial charge in [0.05, 0.1) is 0 Å². The summed E-state index contributed by atoms with van der Waals surface area (Å²) in [7, 11) is -0.0318. The van der Waals surface area contributed by atoms with Crippen molar-refractivity contribution >= 4 is 7.92 Å². The molecule has 0 spiro atoms. The van der Waals surface area contributed by atoms with Crippen molar-refractivity contribution in [3.8, 4) is 0 Å². The van der Waals surface area contributed by atoms with Crippen molar-refractivity contribution in [1.29, 1.82) is 0 Å². The van der Waals surface area contributed by atoms with Crippen LogP contribution in [0.3, 0.4) is 0 Å². The first kappa shape index (κ1) is 13.6. The van der Waals surface area contributed by atoms with Gasteiger partial charge in [0.15, 0.2) is 0 Å². The second kappa shape index (κ2) is 6.89. The van der Waals surface area contributed by atoms with Gasteiger partial charge in [-0.1, -0.05) is 18.2 Å². The standard InChI is InChI=1S/C18H27P/c1-4-10-16(11-5-1)19(17-12-6-2-7-13-17)18-14-8-3-9-15-18/h10,12,14H,1-9,11,13,15H2. The van der Waals surface area contributed by atoms with Crippen molar-refractivity contribution in [3.63, 3.8) is 0 Å². The van der Waals surface area contributed by atoms with Crippen molar-refractivity contribution < 1.29 is 0 Å². The molecule has 1 heteroatoms. The Balaban J connectivity index is 1.87. The van der Waals surface area contributed by atoms with Crippen molar-refractivity contribution in [1.82, 2.24) is 0 Å². The van der Waals surface area contributed by atoms with E-state index in [0.29, 0.717) is 0 Å². The summed E-state index contributed by atoms with van der Waals surface area (Å²) in [6, 6.07) is 0. The molecule has 0 heterocycles. The molecule has 0 fully saturated rings. The third-order valence-corrected chi connectivity index (χ3v) is 7.60. The van der Waals surface area contributed by atoms with Gasteiger partial charge in [0.2, 0.25) is 0 Å². The highest BCUT2D eigenvalue weighted by atomic mass is 31.1. The molecule has 0 aromatic carbocycles. The summed E-state index contributed by atoms with van der Waals surface area (Å²) in [6.45, 7) is 0. The molecule has 0 aliphatic heterocycles. The lowest BCUT2D eigenvalue weighted by atomic mass is 10.1. The highest BCUT2D eigenvalue weighted by Gasteiger charge is 2.25. The Morgan fingerprint density at radius 1 is 0.526 bits per heavy atom. The van der Waals surface area contributed by atoms with Crippen LogP contribution in [0.5, 0.6) is 0 Å². The average molecular weight is 274 g/mol. The third-order valence-electron chi connectivity index (χ3n) is 4.66. The molecular weight excluding hydrogens is 247 g/mol. The molecule has 104 valence electrons. The van der Waals surface area contributed by atoms with Crippen molar-refractivity contribution in [2.45, 2.75) is 77.0 Å². The van der Waals surface area contributed by atoms with E-state index in [1.54, 1.807) is 0 Å². The Kier molecular flexibility index (Phi) is 4.94. The van der Waals surface area contributed by atoms with Crippen LogP contribution < -0.4 is 0 Å². The topological polar surface area (TPSA) is 0 Å². The quantitative estimate of drug-likeness (QED) is 0.494. The maximum Gasteiger partial charge on any atom is -0.0269 e. The van der Waals surface area contributed by atoms with Gasteiger partial charge in [-0.2, -0.15) is 0 Å². The summed E-state index contributed by atoms with van der Waals surface area (Å²) >= 11 is 0. The number of rotatable bonds is 3. The molecule has 0 aromatic heterocycles. The molecule has 19 heavy (non-hydrogen) atoms. The number of hydrogen-bond acceptors (Lipinski definition) is 0. The molecule has 0 N–H and O–H groups in total. The SMILES string of the molecule is C1=C(P(C2=CCCCC2)C2=CCCCC2)CCCC1. The van der Waals surface area contributed by atoms with E-state index in [0.717, 1.165) is 0 Å². The summed E-state index contributed by atoms with van der Waals surface area (Å²) in [4.78, 5) is 0. The normalized spacial score (nSPS) is 24.8. The van der Waals surface area contributed by atoms with Crippen LogP contribution in [0.1, 0.15) is 77.0 Å². The minimum atomic E-state index is -0.0318. The Labute approximate surface area is 119 Å². The maximum absolute atomic E-state index is 2.61. The fourth-order valence-corrected chi connectivity index (χ4v) is 6.81. The molecule has 3 aliphatic carbocycles. The van der Waals surface area contributed by atoms with Crippen molar-refractivity contribution in [2.75, 3.05) is 0 Å². The molecule has 0 nitrogen and oxygen atoms in total. The zero-order valence-corrected chi connectivity index (χ0v) is 13.1. The molecule has 0 aromatic rings. The van der Waals surface area contributed by atoms with Crippen LogP contribution in [0, 0.1) is 0 Å². The smallest absolute Gasteiger partial charge is 0.0269 e. The van der Waals surface area contributed by atoms with Crippen molar-refractivity contribution in [3.05, 3.63) is 34.2 Å². The largest absolute Gasteiger partial charge is 0.0802 e. The summed E-state index contributed by atoms with van der Waals surface area (Å²) < 4.78 is 0. The third kappa shape index (κ3) is 3.40. The molecule has 0 radical (unpaired) electrons. The first-order valence-electron chi connectivity index (χ1n) is 8.32. The molecule has 0 saturated carbocycles. The summed E-state index contributed by atoms with van der Waals surface area (Å²) in [6.07, 6.45) is 24.6. The van der Waals surface area contributed by atoms with Crippen LogP contribution in [-0.2, 0) is 0 Å². The van der Waals surface area contributed by atoms with Gasteiger partial charge >= 0.3 is 0 Å². The fraction of sp³-hybridized carbons (Fsp3) is 0.667. The number of hydrogen-bond donors (Lipinski definition) is 0. The van der Waals surface area contributed by atoms with E-state index in [1.807, 2.05) is 15.9 Å². The van der Waals surface area contributed by atoms with E-state index < -0.39 is 0 Å². The molecule has 0 amide bonds. The van der Waals surface area contributed by atoms with E-state index >= 15 is 0 Å². The van der Waals surface area contributed by atoms with E-state index in [1.165, 1.54) is 77.0 Å². The summed E-state index contributed by atoms with van der Waals surface area (Å²) in [5.41, 5.74) is 0. The van der Waals surface area contributed by atoms with Crippen LogP contribution in [0.25, 0.3) is 0 Å². The second-order valence-electron chi connectivity index (χ2n) is 6.16. The Hall–Kier alpha value is -0.350. The molecule has 3 rings (SSSR count). The predicted octanol–water partition coefficient (Wildman–Crippen LogP) is 6.84. The van der Waals surface area contributed by atoms with Crippen LogP contribution in [0.2, 0.25) is 0 Å². The zero-order chi connectivity index (χ0) is 12.9. The van der Waals surface area contributed by atoms with Crippen LogP contribution in [0.15, 0.2) is 34.2 Å². The molecule has 0 atom stereocenters. The van der Waals surface area contributed by atoms with E-state index in [2.05, 4.69) is 18.2 Å². The van der Waals surface area contributed by atoms with Gasteiger partial charge in [-0.15, -0.1) is 0 Å². The molecular formula is C18H27P. The van der Waals surface area contributed by atoms with Gasteiger partial charge < -0.3 is 0 Å². The van der Waals surface area contributed by atoms with Crippen LogP contribution in [-0.4, -0.2) is 0 Å². The predicted molar refractivity (Wildman–Crippen MR) is 86.6 cm³/mol. The van der Waals surface area contributed by atoms with Gasteiger partial charge in [0.25, 0.3) is 0 Å². The molecule has 3 aliphatic rings. The van der Waals surface area contributed by atoms with Crippen molar-refractivity contribution in [2.24, 2.45) is 0 Å². The first-order valence-corrected chi connectivity index (χ1v) is 9.66. The lowest BCUT2D eigenvalue weighted by Crippen LogP contribution is -2.01. The highest BCUT2D eigenvalue weighted by Crippen LogP contribution is 2.64.